The molecule has 8 nitrogen and oxygen atoms in total. The minimum absolute atomic E-state index is 0.0195. The molecule has 0 aliphatic carbocycles. The van der Waals surface area contributed by atoms with E-state index in [1.54, 1.807) is 6.92 Å². The number of aromatic carboxylic acids is 1. The molecule has 0 spiro atoms. The zero-order valence-electron chi connectivity index (χ0n) is 11.0. The lowest BCUT2D eigenvalue weighted by atomic mass is 10.1. The molecule has 2 heterocycles. The summed E-state index contributed by atoms with van der Waals surface area (Å²) < 4.78 is 6.38. The van der Waals surface area contributed by atoms with E-state index in [2.05, 4.69) is 20.5 Å². The number of carbonyl (C=O) groups is 1. The molecule has 0 fully saturated rings. The molecule has 1 N–H and O–H groups in total. The second-order valence-electron chi connectivity index (χ2n) is 4.68. The Hall–Kier alpha value is -2.25. The van der Waals surface area contributed by atoms with Gasteiger partial charge in [0, 0.05) is 6.92 Å². The second-order valence-corrected chi connectivity index (χ2v) is 4.68. The summed E-state index contributed by atoms with van der Waals surface area (Å²) in [6.07, 6.45) is 0.575. The molecule has 0 amide bonds. The molecule has 0 unspecified atom stereocenters. The Morgan fingerprint density at radius 3 is 2.74 bits per heavy atom. The number of nitrogens with zero attached hydrogens (tertiary/aromatic N) is 5. The first-order valence-electron chi connectivity index (χ1n) is 5.92. The Morgan fingerprint density at radius 1 is 1.47 bits per heavy atom. The Kier molecular flexibility index (Phi) is 3.59. The fourth-order valence-electron chi connectivity index (χ4n) is 1.75. The van der Waals surface area contributed by atoms with Crippen LogP contribution in [0.25, 0.3) is 0 Å². The van der Waals surface area contributed by atoms with Gasteiger partial charge in [-0.25, -0.2) is 9.48 Å². The number of carboxylic acids is 1. The second kappa shape index (κ2) is 5.17. The van der Waals surface area contributed by atoms with Crippen LogP contribution in [0.1, 0.15) is 41.7 Å². The first-order valence-corrected chi connectivity index (χ1v) is 5.92. The lowest BCUT2D eigenvalue weighted by Gasteiger charge is -2.07. The third-order valence-corrected chi connectivity index (χ3v) is 2.50. The number of rotatable bonds is 5. The van der Waals surface area contributed by atoms with E-state index in [9.17, 15) is 4.79 Å². The Morgan fingerprint density at radius 2 is 2.21 bits per heavy atom. The molecule has 0 aliphatic heterocycles. The normalized spacial score (nSPS) is 11.2. The number of aromatic nitrogens is 5. The van der Waals surface area contributed by atoms with Gasteiger partial charge in [-0.2, -0.15) is 4.98 Å². The van der Waals surface area contributed by atoms with Crippen molar-refractivity contribution in [1.82, 2.24) is 25.1 Å². The van der Waals surface area contributed by atoms with Crippen molar-refractivity contribution in [2.75, 3.05) is 0 Å². The molecule has 0 aliphatic rings. The summed E-state index contributed by atoms with van der Waals surface area (Å²) in [5.41, 5.74) is 0.555. The average Bonchev–Trinajstić information content (AvgIpc) is 2.87. The number of hydrogen-bond acceptors (Lipinski definition) is 6. The lowest BCUT2D eigenvalue weighted by molar-refractivity contribution is 0.0689. The van der Waals surface area contributed by atoms with E-state index in [1.165, 1.54) is 4.68 Å². The smallest absolute Gasteiger partial charge is 0.358 e. The predicted molar refractivity (Wildman–Crippen MR) is 63.7 cm³/mol. The summed E-state index contributed by atoms with van der Waals surface area (Å²) in [5.74, 6) is 0.122. The summed E-state index contributed by atoms with van der Waals surface area (Å²) in [5, 5.41) is 20.4. The molecule has 0 aromatic carbocycles. The zero-order valence-corrected chi connectivity index (χ0v) is 11.0. The molecule has 0 saturated heterocycles. The molecular formula is C11H15N5O3. The van der Waals surface area contributed by atoms with Gasteiger partial charge >= 0.3 is 5.97 Å². The first kappa shape index (κ1) is 13.2. The number of carboxylic acid groups (broad SMARTS) is 1. The quantitative estimate of drug-likeness (QED) is 0.856. The summed E-state index contributed by atoms with van der Waals surface area (Å²) >= 11 is 0. The van der Waals surface area contributed by atoms with Crippen LogP contribution in [0.2, 0.25) is 0 Å². The molecular weight excluding hydrogens is 250 g/mol. The van der Waals surface area contributed by atoms with Crippen LogP contribution in [-0.2, 0) is 13.0 Å². The van der Waals surface area contributed by atoms with E-state index in [-0.39, 0.29) is 12.2 Å². The Bertz CT molecular complexity index is 587. The predicted octanol–water partition coefficient (Wildman–Crippen LogP) is 0.915. The van der Waals surface area contributed by atoms with Crippen LogP contribution in [0.4, 0.5) is 0 Å². The van der Waals surface area contributed by atoms with Gasteiger partial charge in [-0.1, -0.05) is 24.2 Å². The summed E-state index contributed by atoms with van der Waals surface area (Å²) in [4.78, 5) is 15.2. The van der Waals surface area contributed by atoms with Gasteiger partial charge in [-0.15, -0.1) is 5.10 Å². The van der Waals surface area contributed by atoms with E-state index < -0.39 is 5.97 Å². The van der Waals surface area contributed by atoms with Crippen molar-refractivity contribution in [2.45, 2.75) is 33.7 Å². The number of aryl methyl sites for hydroxylation is 1. The fraction of sp³-hybridized carbons (Fsp3) is 0.545. The first-order chi connectivity index (χ1) is 8.97. The topological polar surface area (TPSA) is 107 Å². The van der Waals surface area contributed by atoms with Gasteiger partial charge in [-0.05, 0) is 12.3 Å². The monoisotopic (exact) mass is 265 g/mol. The van der Waals surface area contributed by atoms with Crippen molar-refractivity contribution in [3.8, 4) is 0 Å². The van der Waals surface area contributed by atoms with Crippen molar-refractivity contribution >= 4 is 5.97 Å². The highest BCUT2D eigenvalue weighted by atomic mass is 16.5. The highest BCUT2D eigenvalue weighted by molar-refractivity contribution is 5.86. The van der Waals surface area contributed by atoms with Crippen LogP contribution in [0.5, 0.6) is 0 Å². The van der Waals surface area contributed by atoms with Gasteiger partial charge in [0.15, 0.2) is 11.5 Å². The molecule has 8 heteroatoms. The van der Waals surface area contributed by atoms with Gasteiger partial charge in [0.1, 0.15) is 6.54 Å². The van der Waals surface area contributed by atoms with Gasteiger partial charge in [0.05, 0.1) is 5.69 Å². The van der Waals surface area contributed by atoms with Crippen molar-refractivity contribution in [3.05, 3.63) is 23.1 Å². The molecule has 2 aromatic rings. The summed E-state index contributed by atoms with van der Waals surface area (Å²) in [7, 11) is 0. The van der Waals surface area contributed by atoms with Gasteiger partial charge in [-0.3, -0.25) is 0 Å². The minimum Gasteiger partial charge on any atom is -0.476 e. The minimum atomic E-state index is -1.08. The van der Waals surface area contributed by atoms with Crippen LogP contribution in [0.3, 0.4) is 0 Å². The number of hydrogen-bond donors (Lipinski definition) is 1. The van der Waals surface area contributed by atoms with E-state index in [0.29, 0.717) is 29.7 Å². The molecule has 0 atom stereocenters. The molecule has 19 heavy (non-hydrogen) atoms. The van der Waals surface area contributed by atoms with Crippen molar-refractivity contribution in [3.63, 3.8) is 0 Å². The van der Waals surface area contributed by atoms with E-state index in [0.717, 1.165) is 0 Å². The van der Waals surface area contributed by atoms with Crippen molar-refractivity contribution in [1.29, 1.82) is 0 Å². The molecule has 102 valence electrons. The van der Waals surface area contributed by atoms with Gasteiger partial charge < -0.3 is 9.63 Å². The van der Waals surface area contributed by atoms with Crippen LogP contribution in [0.15, 0.2) is 4.52 Å². The standard InChI is InChI=1S/C11H15N5O3/c1-6(2)4-8-10(11(17)18)13-15-16(8)5-9-12-7(3)19-14-9/h6H,4-5H2,1-3H3,(H,17,18). The van der Waals surface area contributed by atoms with Crippen LogP contribution in [0, 0.1) is 12.8 Å². The van der Waals surface area contributed by atoms with E-state index >= 15 is 0 Å². The van der Waals surface area contributed by atoms with Gasteiger partial charge in [0.25, 0.3) is 0 Å². The fourth-order valence-corrected chi connectivity index (χ4v) is 1.75. The average molecular weight is 265 g/mol. The zero-order chi connectivity index (χ0) is 14.0. The van der Waals surface area contributed by atoms with Crippen LogP contribution in [-0.4, -0.2) is 36.2 Å². The maximum atomic E-state index is 11.1. The summed E-state index contributed by atoms with van der Waals surface area (Å²) in [6, 6.07) is 0. The Balaban J connectivity index is 2.31. The van der Waals surface area contributed by atoms with Gasteiger partial charge in [0.2, 0.25) is 5.89 Å². The summed E-state index contributed by atoms with van der Waals surface area (Å²) in [6.45, 7) is 5.94. The van der Waals surface area contributed by atoms with Crippen LogP contribution < -0.4 is 0 Å². The SMILES string of the molecule is Cc1nc(Cn2nnc(C(=O)O)c2CC(C)C)no1. The van der Waals surface area contributed by atoms with Crippen molar-refractivity contribution < 1.29 is 14.4 Å². The maximum Gasteiger partial charge on any atom is 0.358 e. The molecule has 2 rings (SSSR count). The molecule has 0 bridgehead atoms. The van der Waals surface area contributed by atoms with Crippen LogP contribution >= 0.6 is 0 Å². The third-order valence-electron chi connectivity index (χ3n) is 2.50. The molecule has 2 aromatic heterocycles. The highest BCUT2D eigenvalue weighted by Gasteiger charge is 2.20. The Labute approximate surface area is 109 Å². The van der Waals surface area contributed by atoms with E-state index in [1.807, 2.05) is 13.8 Å². The lowest BCUT2D eigenvalue weighted by Crippen LogP contribution is -2.12. The molecule has 0 saturated carbocycles. The molecule has 0 radical (unpaired) electrons. The van der Waals surface area contributed by atoms with Crippen molar-refractivity contribution in [2.24, 2.45) is 5.92 Å². The maximum absolute atomic E-state index is 11.1. The van der Waals surface area contributed by atoms with E-state index in [4.69, 9.17) is 9.63 Å². The largest absolute Gasteiger partial charge is 0.476 e. The highest BCUT2D eigenvalue weighted by Crippen LogP contribution is 2.13. The third kappa shape index (κ3) is 2.95.